The summed E-state index contributed by atoms with van der Waals surface area (Å²) in [7, 11) is 1.71. The molecule has 6 heteroatoms. The highest BCUT2D eigenvalue weighted by Crippen LogP contribution is 2.32. The summed E-state index contributed by atoms with van der Waals surface area (Å²) in [6.07, 6.45) is -3.96. The van der Waals surface area contributed by atoms with Crippen LogP contribution in [0.25, 0.3) is 0 Å². The van der Waals surface area contributed by atoms with Crippen molar-refractivity contribution >= 4 is 11.6 Å². The Morgan fingerprint density at radius 1 is 1.33 bits per heavy atom. The molecule has 0 atom stereocenters. The Morgan fingerprint density at radius 3 is 2.50 bits per heavy atom. The standard InChI is InChI=1S/C12H15F3N2O/c1-8(18)17-11-4-3-10(12(13,14)15)7-9(11)5-6-16-2/h3-4,7,16H,5-6H2,1-2H3,(H,17,18). The van der Waals surface area contributed by atoms with Crippen molar-refractivity contribution in [1.29, 1.82) is 0 Å². The van der Waals surface area contributed by atoms with Crippen molar-refractivity contribution in [3.8, 4) is 0 Å². The Bertz CT molecular complexity index is 430. The summed E-state index contributed by atoms with van der Waals surface area (Å²) >= 11 is 0. The van der Waals surface area contributed by atoms with Gasteiger partial charge in [-0.15, -0.1) is 0 Å². The molecule has 1 aromatic carbocycles. The summed E-state index contributed by atoms with van der Waals surface area (Å²) in [6.45, 7) is 1.85. The second-order valence-electron chi connectivity index (χ2n) is 3.90. The van der Waals surface area contributed by atoms with Gasteiger partial charge in [-0.05, 0) is 43.8 Å². The fraction of sp³-hybridized carbons (Fsp3) is 0.417. The second-order valence-corrected chi connectivity index (χ2v) is 3.90. The lowest BCUT2D eigenvalue weighted by Crippen LogP contribution is -2.15. The number of carbonyl (C=O) groups excluding carboxylic acids is 1. The van der Waals surface area contributed by atoms with Gasteiger partial charge >= 0.3 is 6.18 Å². The first-order valence-corrected chi connectivity index (χ1v) is 5.47. The van der Waals surface area contributed by atoms with Gasteiger partial charge in [0, 0.05) is 12.6 Å². The second kappa shape index (κ2) is 5.86. The van der Waals surface area contributed by atoms with Crippen LogP contribution in [-0.4, -0.2) is 19.5 Å². The van der Waals surface area contributed by atoms with Gasteiger partial charge in [0.05, 0.1) is 5.56 Å². The lowest BCUT2D eigenvalue weighted by Gasteiger charge is -2.13. The molecule has 0 heterocycles. The van der Waals surface area contributed by atoms with Gasteiger partial charge in [-0.1, -0.05) is 0 Å². The van der Waals surface area contributed by atoms with Crippen LogP contribution < -0.4 is 10.6 Å². The number of halogens is 3. The molecule has 1 aromatic rings. The highest BCUT2D eigenvalue weighted by molar-refractivity contribution is 5.89. The topological polar surface area (TPSA) is 41.1 Å². The summed E-state index contributed by atoms with van der Waals surface area (Å²) < 4.78 is 37.7. The number of amides is 1. The van der Waals surface area contributed by atoms with E-state index in [0.717, 1.165) is 12.1 Å². The Hall–Kier alpha value is -1.56. The largest absolute Gasteiger partial charge is 0.416 e. The number of rotatable bonds is 4. The summed E-state index contributed by atoms with van der Waals surface area (Å²) in [6, 6.07) is 3.33. The third-order valence-corrected chi connectivity index (χ3v) is 2.39. The Labute approximate surface area is 103 Å². The zero-order chi connectivity index (χ0) is 13.8. The maximum absolute atomic E-state index is 12.6. The zero-order valence-corrected chi connectivity index (χ0v) is 10.2. The number of likely N-dealkylation sites (N-methyl/N-ethyl adjacent to an activating group) is 1. The Morgan fingerprint density at radius 2 is 2.00 bits per heavy atom. The first kappa shape index (κ1) is 14.5. The quantitative estimate of drug-likeness (QED) is 0.873. The van der Waals surface area contributed by atoms with E-state index in [9.17, 15) is 18.0 Å². The molecule has 0 aliphatic rings. The van der Waals surface area contributed by atoms with Gasteiger partial charge in [-0.3, -0.25) is 4.79 Å². The molecule has 100 valence electrons. The van der Waals surface area contributed by atoms with Gasteiger partial charge in [0.1, 0.15) is 0 Å². The summed E-state index contributed by atoms with van der Waals surface area (Å²) in [5.41, 5.74) is 0.183. The minimum atomic E-state index is -4.37. The monoisotopic (exact) mass is 260 g/mol. The molecule has 3 nitrogen and oxygen atoms in total. The molecule has 1 amide bonds. The van der Waals surface area contributed by atoms with Crippen LogP contribution in [0, 0.1) is 0 Å². The zero-order valence-electron chi connectivity index (χ0n) is 10.2. The normalized spacial score (nSPS) is 11.4. The van der Waals surface area contributed by atoms with Crippen molar-refractivity contribution in [3.63, 3.8) is 0 Å². The molecule has 2 N–H and O–H groups in total. The molecular formula is C12H15F3N2O. The van der Waals surface area contributed by atoms with E-state index in [4.69, 9.17) is 0 Å². The van der Waals surface area contributed by atoms with E-state index in [2.05, 4.69) is 10.6 Å². The summed E-state index contributed by atoms with van der Waals surface area (Å²) in [4.78, 5) is 11.0. The van der Waals surface area contributed by atoms with Crippen LogP contribution in [0.4, 0.5) is 18.9 Å². The van der Waals surface area contributed by atoms with Gasteiger partial charge in [0.2, 0.25) is 5.91 Å². The third-order valence-electron chi connectivity index (χ3n) is 2.39. The van der Waals surface area contributed by atoms with E-state index >= 15 is 0 Å². The number of hydrogen-bond acceptors (Lipinski definition) is 2. The van der Waals surface area contributed by atoms with Crippen LogP contribution in [0.5, 0.6) is 0 Å². The first-order valence-electron chi connectivity index (χ1n) is 5.47. The van der Waals surface area contributed by atoms with Crippen molar-refractivity contribution in [2.24, 2.45) is 0 Å². The predicted molar refractivity (Wildman–Crippen MR) is 63.4 cm³/mol. The molecule has 0 bridgehead atoms. The van der Waals surface area contributed by atoms with E-state index in [1.807, 2.05) is 0 Å². The van der Waals surface area contributed by atoms with Gasteiger partial charge in [0.15, 0.2) is 0 Å². The van der Waals surface area contributed by atoms with E-state index < -0.39 is 11.7 Å². The Balaban J connectivity index is 3.07. The van der Waals surface area contributed by atoms with Gasteiger partial charge in [-0.2, -0.15) is 13.2 Å². The Kier molecular flexibility index (Phi) is 4.72. The molecule has 1 rings (SSSR count). The lowest BCUT2D eigenvalue weighted by atomic mass is 10.0. The maximum atomic E-state index is 12.6. The molecule has 18 heavy (non-hydrogen) atoms. The molecular weight excluding hydrogens is 245 g/mol. The molecule has 0 aliphatic carbocycles. The average Bonchev–Trinajstić information content (AvgIpc) is 2.25. The van der Waals surface area contributed by atoms with Crippen LogP contribution in [-0.2, 0) is 17.4 Å². The van der Waals surface area contributed by atoms with Crippen LogP contribution in [0.1, 0.15) is 18.1 Å². The van der Waals surface area contributed by atoms with Gasteiger partial charge < -0.3 is 10.6 Å². The number of carbonyl (C=O) groups is 1. The van der Waals surface area contributed by atoms with Crippen molar-refractivity contribution in [3.05, 3.63) is 29.3 Å². The van der Waals surface area contributed by atoms with E-state index in [1.54, 1.807) is 7.05 Å². The highest BCUT2D eigenvalue weighted by atomic mass is 19.4. The minimum Gasteiger partial charge on any atom is -0.326 e. The van der Waals surface area contributed by atoms with Crippen LogP contribution >= 0.6 is 0 Å². The van der Waals surface area contributed by atoms with Crippen molar-refractivity contribution in [2.45, 2.75) is 19.5 Å². The van der Waals surface area contributed by atoms with Gasteiger partial charge in [0.25, 0.3) is 0 Å². The molecule has 0 saturated heterocycles. The number of nitrogens with one attached hydrogen (secondary N) is 2. The summed E-state index contributed by atoms with van der Waals surface area (Å²) in [5.74, 6) is -0.305. The minimum absolute atomic E-state index is 0.305. The number of anilines is 1. The third kappa shape index (κ3) is 4.03. The fourth-order valence-corrected chi connectivity index (χ4v) is 1.55. The fourth-order valence-electron chi connectivity index (χ4n) is 1.55. The van der Waals surface area contributed by atoms with Gasteiger partial charge in [-0.25, -0.2) is 0 Å². The van der Waals surface area contributed by atoms with Crippen molar-refractivity contribution in [2.75, 3.05) is 18.9 Å². The molecule has 0 saturated carbocycles. The molecule has 0 radical (unpaired) electrons. The van der Waals surface area contributed by atoms with Crippen molar-refractivity contribution < 1.29 is 18.0 Å². The maximum Gasteiger partial charge on any atom is 0.416 e. The van der Waals surface area contributed by atoms with Crippen LogP contribution in [0.2, 0.25) is 0 Å². The SMILES string of the molecule is CNCCc1cc(C(F)(F)F)ccc1NC(C)=O. The van der Waals surface area contributed by atoms with Crippen LogP contribution in [0.3, 0.4) is 0 Å². The molecule has 0 fully saturated rings. The summed E-state index contributed by atoms with van der Waals surface area (Å²) in [5, 5.41) is 5.39. The highest BCUT2D eigenvalue weighted by Gasteiger charge is 2.30. The lowest BCUT2D eigenvalue weighted by molar-refractivity contribution is -0.137. The predicted octanol–water partition coefficient (Wildman–Crippen LogP) is 2.43. The molecule has 0 aromatic heterocycles. The average molecular weight is 260 g/mol. The molecule has 0 spiro atoms. The van der Waals surface area contributed by atoms with E-state index in [-0.39, 0.29) is 5.91 Å². The number of hydrogen-bond donors (Lipinski definition) is 2. The molecule has 0 aliphatic heterocycles. The van der Waals surface area contributed by atoms with E-state index in [1.165, 1.54) is 13.0 Å². The number of benzene rings is 1. The van der Waals surface area contributed by atoms with Crippen LogP contribution in [0.15, 0.2) is 18.2 Å². The van der Waals surface area contributed by atoms with Crippen molar-refractivity contribution in [1.82, 2.24) is 5.32 Å². The van der Waals surface area contributed by atoms with E-state index in [0.29, 0.717) is 24.2 Å². The smallest absolute Gasteiger partial charge is 0.326 e. The first-order chi connectivity index (χ1) is 8.34. The molecule has 0 unspecified atom stereocenters. The number of alkyl halides is 3.